The van der Waals surface area contributed by atoms with Crippen molar-refractivity contribution in [3.05, 3.63) is 0 Å². The molecule has 1 rings (SSSR count). The van der Waals surface area contributed by atoms with E-state index >= 15 is 0 Å². The highest BCUT2D eigenvalue weighted by Gasteiger charge is 2.50. The number of hydrogen-bond donors (Lipinski definition) is 0. The first-order chi connectivity index (χ1) is 9.08. The average molecular weight is 294 g/mol. The van der Waals surface area contributed by atoms with Crippen LogP contribution in [0.5, 0.6) is 0 Å². The molecule has 1 unspecified atom stereocenters. The zero-order valence-corrected chi connectivity index (χ0v) is 14.5. The van der Waals surface area contributed by atoms with E-state index in [1.54, 1.807) is 0 Å². The topological polar surface area (TPSA) is 43.4 Å². The van der Waals surface area contributed by atoms with Crippen molar-refractivity contribution in [2.45, 2.75) is 52.8 Å². The predicted molar refractivity (Wildman–Crippen MR) is 82.8 cm³/mol. The first-order valence-electron chi connectivity index (χ1n) is 7.19. The van der Waals surface area contributed by atoms with Crippen molar-refractivity contribution >= 4 is 19.8 Å². The van der Waals surface area contributed by atoms with E-state index in [1.165, 1.54) is 7.11 Å². The molecule has 112 valence electrons. The maximum atomic E-state index is 12.1. The highest BCUT2D eigenvalue weighted by atomic mass is 28.3. The molecule has 0 spiro atoms. The SMILES string of the molecule is COC(=O)C1C(=O)CC(C)(C)[C@@H]1CCC#C[Si](C)(C)C. The van der Waals surface area contributed by atoms with Gasteiger partial charge < -0.3 is 4.74 Å². The summed E-state index contributed by atoms with van der Waals surface area (Å²) in [6.45, 7) is 10.7. The molecule has 1 fully saturated rings. The average Bonchev–Trinajstić information content (AvgIpc) is 2.52. The normalized spacial score (nSPS) is 25.0. The fourth-order valence-corrected chi connectivity index (χ4v) is 3.56. The summed E-state index contributed by atoms with van der Waals surface area (Å²) in [6, 6.07) is 0. The fraction of sp³-hybridized carbons (Fsp3) is 0.750. The van der Waals surface area contributed by atoms with Gasteiger partial charge in [0.2, 0.25) is 0 Å². The first kappa shape index (κ1) is 17.0. The van der Waals surface area contributed by atoms with Gasteiger partial charge in [0.05, 0.1) is 7.11 Å². The molecule has 0 aromatic heterocycles. The standard InChI is InChI=1S/C16H26O3Si/c1-16(2)11-13(17)14(15(18)19-3)12(16)9-7-8-10-20(4,5)6/h12,14H,7,9,11H2,1-6H3/t12-,14?/m1/s1. The highest BCUT2D eigenvalue weighted by Crippen LogP contribution is 2.47. The second-order valence-corrected chi connectivity index (χ2v) is 12.1. The Morgan fingerprint density at radius 3 is 2.50 bits per heavy atom. The number of ketones is 1. The maximum Gasteiger partial charge on any atom is 0.316 e. The highest BCUT2D eigenvalue weighted by molar-refractivity contribution is 6.83. The van der Waals surface area contributed by atoms with Gasteiger partial charge in [0.15, 0.2) is 0 Å². The summed E-state index contributed by atoms with van der Waals surface area (Å²) < 4.78 is 4.80. The van der Waals surface area contributed by atoms with Gasteiger partial charge in [0, 0.05) is 12.8 Å². The maximum absolute atomic E-state index is 12.1. The molecule has 20 heavy (non-hydrogen) atoms. The minimum Gasteiger partial charge on any atom is -0.468 e. The molecule has 3 nitrogen and oxygen atoms in total. The number of hydrogen-bond acceptors (Lipinski definition) is 3. The number of rotatable bonds is 3. The molecular weight excluding hydrogens is 268 g/mol. The Bertz CT molecular complexity index is 449. The van der Waals surface area contributed by atoms with Crippen LogP contribution in [0.3, 0.4) is 0 Å². The minimum absolute atomic E-state index is 0.0185. The molecule has 0 saturated heterocycles. The van der Waals surface area contributed by atoms with Crippen LogP contribution >= 0.6 is 0 Å². The van der Waals surface area contributed by atoms with Gasteiger partial charge in [-0.05, 0) is 17.8 Å². The molecule has 0 heterocycles. The molecule has 0 aliphatic heterocycles. The Morgan fingerprint density at radius 2 is 2.00 bits per heavy atom. The van der Waals surface area contributed by atoms with Crippen LogP contribution in [0.15, 0.2) is 0 Å². The van der Waals surface area contributed by atoms with E-state index in [2.05, 4.69) is 45.0 Å². The molecular formula is C16H26O3Si. The molecule has 0 aromatic rings. The zero-order valence-electron chi connectivity index (χ0n) is 13.5. The third-order valence-corrected chi connectivity index (χ3v) is 4.81. The van der Waals surface area contributed by atoms with E-state index in [0.29, 0.717) is 6.42 Å². The van der Waals surface area contributed by atoms with Crippen LogP contribution in [0.25, 0.3) is 0 Å². The summed E-state index contributed by atoms with van der Waals surface area (Å²) in [5.74, 6) is 2.31. The largest absolute Gasteiger partial charge is 0.468 e. The van der Waals surface area contributed by atoms with Crippen molar-refractivity contribution in [2.24, 2.45) is 17.3 Å². The van der Waals surface area contributed by atoms with E-state index in [4.69, 9.17) is 4.74 Å². The molecule has 0 radical (unpaired) electrons. The molecule has 1 aliphatic rings. The summed E-state index contributed by atoms with van der Waals surface area (Å²) >= 11 is 0. The lowest BCUT2D eigenvalue weighted by Crippen LogP contribution is -2.30. The van der Waals surface area contributed by atoms with Crippen molar-refractivity contribution in [2.75, 3.05) is 7.11 Å². The number of esters is 1. The number of Topliss-reactive ketones (excluding diaryl/α,β-unsaturated/α-hetero) is 1. The number of methoxy groups -OCH3 is 1. The lowest BCUT2D eigenvalue weighted by molar-refractivity contribution is -0.150. The van der Waals surface area contributed by atoms with Crippen LogP contribution in [0.4, 0.5) is 0 Å². The molecule has 2 atom stereocenters. The second kappa shape index (κ2) is 6.13. The summed E-state index contributed by atoms with van der Waals surface area (Å²) in [6.07, 6.45) is 1.99. The number of carbonyl (C=O) groups excluding carboxylic acids is 2. The van der Waals surface area contributed by atoms with Gasteiger partial charge in [-0.1, -0.05) is 33.5 Å². The Labute approximate surface area is 123 Å². The number of carbonyl (C=O) groups is 2. The van der Waals surface area contributed by atoms with Crippen LogP contribution in [-0.4, -0.2) is 26.9 Å². The van der Waals surface area contributed by atoms with Gasteiger partial charge >= 0.3 is 5.97 Å². The zero-order chi connectivity index (χ0) is 15.6. The molecule has 0 aromatic carbocycles. The lowest BCUT2D eigenvalue weighted by atomic mass is 9.76. The van der Waals surface area contributed by atoms with Crippen LogP contribution in [-0.2, 0) is 14.3 Å². The van der Waals surface area contributed by atoms with Gasteiger partial charge in [-0.2, -0.15) is 0 Å². The van der Waals surface area contributed by atoms with E-state index in [0.717, 1.165) is 12.8 Å². The Morgan fingerprint density at radius 1 is 1.40 bits per heavy atom. The van der Waals surface area contributed by atoms with Crippen LogP contribution in [0.2, 0.25) is 19.6 Å². The Kier molecular flexibility index (Phi) is 5.20. The summed E-state index contributed by atoms with van der Waals surface area (Å²) in [5, 5.41) is 0. The van der Waals surface area contributed by atoms with Crippen LogP contribution < -0.4 is 0 Å². The van der Waals surface area contributed by atoms with Gasteiger partial charge in [0.1, 0.15) is 19.8 Å². The third kappa shape index (κ3) is 4.21. The van der Waals surface area contributed by atoms with Crippen molar-refractivity contribution in [1.82, 2.24) is 0 Å². The van der Waals surface area contributed by atoms with E-state index in [1.807, 2.05) is 0 Å². The Hall–Kier alpha value is -1.08. The Balaban J connectivity index is 2.79. The smallest absolute Gasteiger partial charge is 0.316 e. The molecule has 0 amide bonds. The monoisotopic (exact) mass is 294 g/mol. The molecule has 4 heteroatoms. The van der Waals surface area contributed by atoms with E-state index in [-0.39, 0.29) is 23.1 Å². The van der Waals surface area contributed by atoms with Gasteiger partial charge in [-0.15, -0.1) is 11.5 Å². The molecule has 1 saturated carbocycles. The summed E-state index contributed by atoms with van der Waals surface area (Å²) in [4.78, 5) is 23.9. The lowest BCUT2D eigenvalue weighted by Gasteiger charge is -2.28. The van der Waals surface area contributed by atoms with Crippen molar-refractivity contribution in [3.63, 3.8) is 0 Å². The van der Waals surface area contributed by atoms with Gasteiger partial charge in [-0.3, -0.25) is 9.59 Å². The van der Waals surface area contributed by atoms with Crippen molar-refractivity contribution in [1.29, 1.82) is 0 Å². The molecule has 1 aliphatic carbocycles. The third-order valence-electron chi connectivity index (χ3n) is 3.88. The minimum atomic E-state index is -1.35. The van der Waals surface area contributed by atoms with Gasteiger partial charge in [0.25, 0.3) is 0 Å². The predicted octanol–water partition coefficient (Wildman–Crippen LogP) is 3.05. The van der Waals surface area contributed by atoms with Crippen molar-refractivity contribution in [3.8, 4) is 11.5 Å². The van der Waals surface area contributed by atoms with Gasteiger partial charge in [-0.25, -0.2) is 0 Å². The quantitative estimate of drug-likeness (QED) is 0.348. The molecule has 0 N–H and O–H groups in total. The van der Waals surface area contributed by atoms with E-state index in [9.17, 15) is 9.59 Å². The summed E-state index contributed by atoms with van der Waals surface area (Å²) in [7, 11) is 0.00163. The van der Waals surface area contributed by atoms with E-state index < -0.39 is 14.0 Å². The second-order valence-electron chi connectivity index (χ2n) is 7.33. The fourth-order valence-electron chi connectivity index (χ4n) is 2.90. The van der Waals surface area contributed by atoms with Crippen molar-refractivity contribution < 1.29 is 14.3 Å². The summed E-state index contributed by atoms with van der Waals surface area (Å²) in [5.41, 5.74) is 3.19. The van der Waals surface area contributed by atoms with Crippen LogP contribution in [0, 0.1) is 28.7 Å². The van der Waals surface area contributed by atoms with Crippen LogP contribution in [0.1, 0.15) is 33.1 Å². The first-order valence-corrected chi connectivity index (χ1v) is 10.7. The molecule has 0 bridgehead atoms. The number of ether oxygens (including phenoxy) is 1.